The highest BCUT2D eigenvalue weighted by atomic mass is 32.2. The van der Waals surface area contributed by atoms with Crippen LogP contribution in [0.5, 0.6) is 0 Å². The third kappa shape index (κ3) is 5.81. The Morgan fingerprint density at radius 2 is 1.71 bits per heavy atom. The monoisotopic (exact) mass is 724 g/mol. The molecular weight excluding hydrogens is 660 g/mol. The number of benzene rings is 1. The van der Waals surface area contributed by atoms with Crippen LogP contribution in [0.25, 0.3) is 5.57 Å². The molecule has 0 aromatic heterocycles. The maximum atomic E-state index is 14.8. The van der Waals surface area contributed by atoms with Crippen LogP contribution in [0.2, 0.25) is 0 Å². The summed E-state index contributed by atoms with van der Waals surface area (Å²) >= 11 is 0. The number of hydrogen-bond acceptors (Lipinski definition) is 6. The summed E-state index contributed by atoms with van der Waals surface area (Å²) in [4.78, 5) is 15.5. The van der Waals surface area contributed by atoms with Crippen LogP contribution in [0.3, 0.4) is 0 Å². The summed E-state index contributed by atoms with van der Waals surface area (Å²) in [5, 5.41) is 4.16. The van der Waals surface area contributed by atoms with Crippen molar-refractivity contribution in [2.45, 2.75) is 112 Å². The number of sulfone groups is 1. The van der Waals surface area contributed by atoms with Crippen LogP contribution in [0.1, 0.15) is 110 Å². The Morgan fingerprint density at radius 3 is 2.39 bits per heavy atom. The van der Waals surface area contributed by atoms with Crippen molar-refractivity contribution in [1.82, 2.24) is 10.2 Å². The van der Waals surface area contributed by atoms with Gasteiger partial charge in [-0.15, -0.1) is 0 Å². The SMILES string of the molecule is COC(=O)C(C)[C@@H]1CC[C@]2(NCCN3CCS(=O)(=O)CC3)CC[C@]3(C)[C@H](CC[C@@H]4[C@@]5(C)CC=C(c6ccc(C)c(F)c6)C(C)(C)[C@@H]5CC[C@]43C)[C@@H]12. The molecule has 1 saturated heterocycles. The minimum atomic E-state index is -2.90. The third-order valence-electron chi connectivity index (χ3n) is 17.1. The third-order valence-corrected chi connectivity index (χ3v) is 18.7. The molecule has 0 spiro atoms. The average Bonchev–Trinajstić information content (AvgIpc) is 3.46. The van der Waals surface area contributed by atoms with E-state index < -0.39 is 9.84 Å². The largest absolute Gasteiger partial charge is 0.469 e. The van der Waals surface area contributed by atoms with Crippen LogP contribution in [0.4, 0.5) is 4.39 Å². The molecule has 0 bridgehead atoms. The highest BCUT2D eigenvalue weighted by Crippen LogP contribution is 2.76. The van der Waals surface area contributed by atoms with Crippen molar-refractivity contribution in [3.8, 4) is 0 Å². The Morgan fingerprint density at radius 1 is 0.980 bits per heavy atom. The number of halogens is 1. The van der Waals surface area contributed by atoms with E-state index in [2.05, 4.69) is 63.9 Å². The lowest BCUT2D eigenvalue weighted by Gasteiger charge is -2.72. The van der Waals surface area contributed by atoms with Crippen molar-refractivity contribution in [2.75, 3.05) is 44.8 Å². The molecule has 1 heterocycles. The van der Waals surface area contributed by atoms with Gasteiger partial charge in [0.2, 0.25) is 0 Å². The zero-order valence-corrected chi connectivity index (χ0v) is 33.6. The summed E-state index contributed by atoms with van der Waals surface area (Å²) in [7, 11) is -1.36. The van der Waals surface area contributed by atoms with Gasteiger partial charge in [-0.3, -0.25) is 4.79 Å². The molecule has 10 atom stereocenters. The van der Waals surface area contributed by atoms with Crippen LogP contribution in [0.15, 0.2) is 24.3 Å². The molecular formula is C43H65FN2O4S. The lowest BCUT2D eigenvalue weighted by atomic mass is 9.33. The van der Waals surface area contributed by atoms with Crippen molar-refractivity contribution >= 4 is 21.4 Å². The van der Waals surface area contributed by atoms with E-state index in [9.17, 15) is 17.6 Å². The Bertz CT molecular complexity index is 1660. The molecule has 1 aliphatic heterocycles. The average molecular weight is 725 g/mol. The first-order valence-electron chi connectivity index (χ1n) is 20.2. The predicted molar refractivity (Wildman–Crippen MR) is 203 cm³/mol. The molecule has 51 heavy (non-hydrogen) atoms. The fourth-order valence-corrected chi connectivity index (χ4v) is 15.4. The fraction of sp³-hybridized carbons (Fsp3) is 0.791. The van der Waals surface area contributed by atoms with Gasteiger partial charge < -0.3 is 15.0 Å². The number of carbonyl (C=O) groups excluding carboxylic acids is 1. The number of allylic oxidation sites excluding steroid dienone is 2. The minimum absolute atomic E-state index is 0.00291. The number of carbonyl (C=O) groups is 1. The predicted octanol–water partition coefficient (Wildman–Crippen LogP) is 8.09. The number of ether oxygens (including phenoxy) is 1. The Hall–Kier alpha value is -1.77. The molecule has 0 radical (unpaired) electrons. The highest BCUT2D eigenvalue weighted by Gasteiger charge is 2.70. The molecule has 7 rings (SSSR count). The fourth-order valence-electron chi connectivity index (χ4n) is 14.2. The first-order valence-corrected chi connectivity index (χ1v) is 22.0. The van der Waals surface area contributed by atoms with E-state index in [1.807, 2.05) is 13.0 Å². The molecule has 284 valence electrons. The van der Waals surface area contributed by atoms with Crippen molar-refractivity contribution in [3.05, 3.63) is 41.2 Å². The lowest BCUT2D eigenvalue weighted by molar-refractivity contribution is -0.222. The van der Waals surface area contributed by atoms with E-state index in [1.54, 1.807) is 6.07 Å². The van der Waals surface area contributed by atoms with Gasteiger partial charge in [-0.25, -0.2) is 12.8 Å². The van der Waals surface area contributed by atoms with E-state index >= 15 is 0 Å². The molecule has 6 nitrogen and oxygen atoms in total. The van der Waals surface area contributed by atoms with Gasteiger partial charge in [0.15, 0.2) is 9.84 Å². The second kappa shape index (κ2) is 12.9. The normalized spacial score (nSPS) is 42.1. The zero-order chi connectivity index (χ0) is 36.8. The van der Waals surface area contributed by atoms with Crippen LogP contribution in [-0.2, 0) is 19.4 Å². The maximum absolute atomic E-state index is 14.8. The van der Waals surface area contributed by atoms with Crippen LogP contribution in [0, 0.1) is 69.9 Å². The molecule has 1 aromatic carbocycles. The summed E-state index contributed by atoms with van der Waals surface area (Å²) in [6.07, 6.45) is 12.8. The Labute approximate surface area is 308 Å². The van der Waals surface area contributed by atoms with E-state index in [0.29, 0.717) is 42.3 Å². The Kier molecular flexibility index (Phi) is 9.52. The molecule has 4 saturated carbocycles. The van der Waals surface area contributed by atoms with Gasteiger partial charge in [-0.1, -0.05) is 59.8 Å². The quantitative estimate of drug-likeness (QED) is 0.287. The number of aryl methyl sites for hydroxylation is 1. The van der Waals surface area contributed by atoms with E-state index in [0.717, 1.165) is 44.3 Å². The first kappa shape index (κ1) is 37.5. The molecule has 1 aromatic rings. The number of esters is 1. The van der Waals surface area contributed by atoms with Crippen LogP contribution >= 0.6 is 0 Å². The van der Waals surface area contributed by atoms with E-state index in [-0.39, 0.29) is 62.3 Å². The topological polar surface area (TPSA) is 75.7 Å². The van der Waals surface area contributed by atoms with Gasteiger partial charge in [-0.05, 0) is 139 Å². The van der Waals surface area contributed by atoms with Gasteiger partial charge in [0.25, 0.3) is 0 Å². The number of nitrogens with one attached hydrogen (secondary N) is 1. The number of fused-ring (bicyclic) bond motifs is 7. The molecule has 8 heteroatoms. The second-order valence-electron chi connectivity index (χ2n) is 19.3. The van der Waals surface area contributed by atoms with E-state index in [1.165, 1.54) is 44.8 Å². The summed E-state index contributed by atoms with van der Waals surface area (Å²) in [5.41, 5.74) is 3.52. The van der Waals surface area contributed by atoms with Crippen molar-refractivity contribution in [2.24, 2.45) is 57.2 Å². The maximum Gasteiger partial charge on any atom is 0.308 e. The van der Waals surface area contributed by atoms with Gasteiger partial charge in [0.05, 0.1) is 24.5 Å². The van der Waals surface area contributed by atoms with Crippen molar-refractivity contribution < 1.29 is 22.3 Å². The summed E-state index contributed by atoms with van der Waals surface area (Å²) in [6.45, 7) is 19.7. The molecule has 0 amide bonds. The van der Waals surface area contributed by atoms with Gasteiger partial charge >= 0.3 is 5.97 Å². The summed E-state index contributed by atoms with van der Waals surface area (Å²) in [6, 6.07) is 5.82. The highest BCUT2D eigenvalue weighted by molar-refractivity contribution is 7.91. The second-order valence-corrected chi connectivity index (χ2v) is 21.6. The van der Waals surface area contributed by atoms with Crippen LogP contribution < -0.4 is 5.32 Å². The van der Waals surface area contributed by atoms with Gasteiger partial charge in [0, 0.05) is 31.7 Å². The summed E-state index contributed by atoms with van der Waals surface area (Å²) in [5.74, 6) is 2.55. The number of rotatable bonds is 7. The molecule has 1 unspecified atom stereocenters. The van der Waals surface area contributed by atoms with Crippen molar-refractivity contribution in [1.29, 1.82) is 0 Å². The van der Waals surface area contributed by atoms with Crippen LogP contribution in [-0.4, -0.2) is 69.6 Å². The smallest absolute Gasteiger partial charge is 0.308 e. The van der Waals surface area contributed by atoms with Gasteiger partial charge in [0.1, 0.15) is 5.82 Å². The summed E-state index contributed by atoms with van der Waals surface area (Å²) < 4.78 is 44.3. The molecule has 6 aliphatic rings. The van der Waals surface area contributed by atoms with Gasteiger partial charge in [-0.2, -0.15) is 0 Å². The molecule has 5 aliphatic carbocycles. The number of hydrogen-bond donors (Lipinski definition) is 1. The minimum Gasteiger partial charge on any atom is -0.469 e. The molecule has 1 N–H and O–H groups in total. The first-order chi connectivity index (χ1) is 23.9. The Balaban J connectivity index is 1.18. The van der Waals surface area contributed by atoms with E-state index in [4.69, 9.17) is 4.74 Å². The van der Waals surface area contributed by atoms with Crippen molar-refractivity contribution in [3.63, 3.8) is 0 Å². The number of nitrogens with zero attached hydrogens (tertiary/aromatic N) is 1. The standard InChI is InChI=1S/C43H65FN2O4S/c1-28-9-10-30(27-34(28)44)32-14-16-40(5)35(39(32,3)4)15-17-42(7)36(40)12-11-33-37-31(29(2)38(47)50-8)13-18-43(37,20-19-41(33,42)6)45-21-22-46-23-25-51(48,49)26-24-46/h9-10,14,27,29,31,33,35-37,45H,11-13,15-26H2,1-8H3/t29?,31-,33+,35-,36+,37+,40-,41+,42+,43-/m0/s1. The zero-order valence-electron chi connectivity index (χ0n) is 32.7. The number of methoxy groups -OCH3 is 1. The molecule has 5 fully saturated rings. The lowest BCUT2D eigenvalue weighted by Crippen LogP contribution is -2.68.